The lowest BCUT2D eigenvalue weighted by Gasteiger charge is -2.26. The van der Waals surface area contributed by atoms with Gasteiger partial charge in [-0.25, -0.2) is 0 Å². The van der Waals surface area contributed by atoms with Gasteiger partial charge in [-0.2, -0.15) is 5.10 Å². The Hall–Kier alpha value is -2.84. The van der Waals surface area contributed by atoms with Crippen molar-refractivity contribution in [2.75, 3.05) is 52.5 Å². The number of carbonyl (C=O) groups excluding carboxylic acids is 1. The lowest BCUT2D eigenvalue weighted by atomic mass is 9.85. The maximum atomic E-state index is 13.6. The smallest absolute Gasteiger partial charge is 0.257 e. The van der Waals surface area contributed by atoms with Crippen molar-refractivity contribution in [2.24, 2.45) is 17.8 Å². The van der Waals surface area contributed by atoms with Gasteiger partial charge in [0, 0.05) is 61.7 Å². The molecule has 0 radical (unpaired) electrons. The molecule has 2 unspecified atom stereocenters. The number of hydrogen-bond acceptors (Lipinski definition) is 6. The highest BCUT2D eigenvalue weighted by atomic mass is 16.5. The minimum atomic E-state index is -0.116. The van der Waals surface area contributed by atoms with E-state index in [0.29, 0.717) is 31.2 Å². The third-order valence-electron chi connectivity index (χ3n) is 8.56. The molecule has 37 heavy (non-hydrogen) atoms. The number of hydrogen-bond donors (Lipinski definition) is 2. The second-order valence-corrected chi connectivity index (χ2v) is 11.1. The summed E-state index contributed by atoms with van der Waals surface area (Å²) in [7, 11) is 0. The highest BCUT2D eigenvalue weighted by Gasteiger charge is 2.36. The monoisotopic (exact) mass is 506 g/mol. The van der Waals surface area contributed by atoms with Crippen molar-refractivity contribution in [3.63, 3.8) is 0 Å². The fourth-order valence-corrected chi connectivity index (χ4v) is 6.38. The van der Waals surface area contributed by atoms with Crippen LogP contribution in [0.5, 0.6) is 5.75 Å². The van der Waals surface area contributed by atoms with E-state index in [-0.39, 0.29) is 23.5 Å². The number of likely N-dealkylation sites (tertiary alicyclic amines) is 1. The first-order valence-electron chi connectivity index (χ1n) is 14.0. The number of benzene rings is 1. The number of ether oxygens (including phenoxy) is 2. The molecule has 2 atom stereocenters. The SMILES string of the molecule is O=C(c1cc2c(CC3CCCCC3)[nH]nc2cc1O)N1CC2C=CC(OCCN3CCOCC3)=CC2C1. The molecule has 0 spiro atoms. The van der Waals surface area contributed by atoms with Gasteiger partial charge in [-0.15, -0.1) is 0 Å². The van der Waals surface area contributed by atoms with Crippen molar-refractivity contribution in [3.05, 3.63) is 47.4 Å². The van der Waals surface area contributed by atoms with E-state index in [0.717, 1.165) is 61.6 Å². The van der Waals surface area contributed by atoms with Gasteiger partial charge in [0.15, 0.2) is 0 Å². The number of phenolic OH excluding ortho intramolecular Hbond substituents is 1. The number of aromatic hydroxyl groups is 1. The summed E-state index contributed by atoms with van der Waals surface area (Å²) in [5.41, 5.74) is 2.17. The van der Waals surface area contributed by atoms with Gasteiger partial charge in [0.2, 0.25) is 0 Å². The maximum absolute atomic E-state index is 13.6. The van der Waals surface area contributed by atoms with Gasteiger partial charge < -0.3 is 19.5 Å². The van der Waals surface area contributed by atoms with Crippen molar-refractivity contribution < 1.29 is 19.4 Å². The highest BCUT2D eigenvalue weighted by molar-refractivity contribution is 6.01. The third-order valence-corrected chi connectivity index (χ3v) is 8.56. The number of carbonyl (C=O) groups is 1. The van der Waals surface area contributed by atoms with Crippen molar-refractivity contribution in [2.45, 2.75) is 38.5 Å². The Labute approximate surface area is 218 Å². The van der Waals surface area contributed by atoms with E-state index >= 15 is 0 Å². The Bertz CT molecular complexity index is 1180. The number of rotatable bonds is 7. The van der Waals surface area contributed by atoms with Gasteiger partial charge in [0.05, 0.1) is 24.3 Å². The first-order chi connectivity index (χ1) is 18.1. The molecule has 2 saturated heterocycles. The van der Waals surface area contributed by atoms with Gasteiger partial charge in [-0.1, -0.05) is 38.2 Å². The Morgan fingerprint density at radius 1 is 1.14 bits per heavy atom. The molecule has 0 bridgehead atoms. The molecule has 1 amide bonds. The summed E-state index contributed by atoms with van der Waals surface area (Å²) in [5, 5.41) is 19.3. The van der Waals surface area contributed by atoms with E-state index in [1.54, 1.807) is 6.07 Å². The Morgan fingerprint density at radius 2 is 1.95 bits per heavy atom. The summed E-state index contributed by atoms with van der Waals surface area (Å²) in [4.78, 5) is 17.8. The number of nitrogens with zero attached hydrogens (tertiary/aromatic N) is 3. The molecule has 8 nitrogen and oxygen atoms in total. The molecule has 3 fully saturated rings. The summed E-state index contributed by atoms with van der Waals surface area (Å²) in [6.45, 7) is 6.32. The van der Waals surface area contributed by atoms with E-state index in [1.807, 2.05) is 17.0 Å². The van der Waals surface area contributed by atoms with Crippen LogP contribution in [0.25, 0.3) is 10.9 Å². The quantitative estimate of drug-likeness (QED) is 0.592. The fraction of sp³-hybridized carbons (Fsp3) is 0.586. The van der Waals surface area contributed by atoms with Crippen LogP contribution < -0.4 is 0 Å². The first-order valence-corrected chi connectivity index (χ1v) is 14.0. The molecule has 2 aliphatic heterocycles. The molecule has 1 aromatic heterocycles. The molecule has 4 aliphatic rings. The molecule has 6 rings (SSSR count). The molecule has 8 heteroatoms. The van der Waals surface area contributed by atoms with E-state index in [2.05, 4.69) is 27.2 Å². The number of phenols is 1. The van der Waals surface area contributed by atoms with Crippen LogP contribution in [0.1, 0.15) is 48.2 Å². The van der Waals surface area contributed by atoms with E-state index in [4.69, 9.17) is 9.47 Å². The number of H-pyrrole nitrogens is 1. The van der Waals surface area contributed by atoms with Crippen molar-refractivity contribution in [1.82, 2.24) is 20.0 Å². The molecule has 1 aromatic carbocycles. The van der Waals surface area contributed by atoms with Crippen LogP contribution in [-0.2, 0) is 15.9 Å². The summed E-state index contributed by atoms with van der Waals surface area (Å²) >= 11 is 0. The average molecular weight is 507 g/mol. The molecule has 2 N–H and O–H groups in total. The van der Waals surface area contributed by atoms with Gasteiger partial charge in [-0.3, -0.25) is 14.8 Å². The highest BCUT2D eigenvalue weighted by Crippen LogP contribution is 2.35. The van der Waals surface area contributed by atoms with Gasteiger partial charge in [0.1, 0.15) is 18.1 Å². The van der Waals surface area contributed by atoms with Gasteiger partial charge in [-0.05, 0) is 30.6 Å². The second-order valence-electron chi connectivity index (χ2n) is 11.1. The molecule has 2 aromatic rings. The number of aromatic amines is 1. The number of aromatic nitrogens is 2. The summed E-state index contributed by atoms with van der Waals surface area (Å²) < 4.78 is 11.5. The average Bonchev–Trinajstić information content (AvgIpc) is 3.52. The fourth-order valence-electron chi connectivity index (χ4n) is 6.38. The molecular formula is C29H38N4O4. The molecule has 198 valence electrons. The standard InChI is InChI=1S/C29H38N4O4/c34-28-17-27-24(26(30-31-27)14-20-4-2-1-3-5-20)16-25(28)29(35)33-18-21-6-7-23(15-22(21)19-33)37-13-10-32-8-11-36-12-9-32/h6-7,15-17,20-22,34H,1-5,8-14,18-19H2,(H,30,31). The van der Waals surface area contributed by atoms with E-state index in [9.17, 15) is 9.90 Å². The predicted octanol–water partition coefficient (Wildman–Crippen LogP) is 3.88. The summed E-state index contributed by atoms with van der Waals surface area (Å²) in [6, 6.07) is 3.48. The van der Waals surface area contributed by atoms with Crippen molar-refractivity contribution in [3.8, 4) is 5.75 Å². The minimum absolute atomic E-state index is 0.00121. The number of allylic oxidation sites excluding steroid dienone is 1. The molecular weight excluding hydrogens is 468 g/mol. The number of fused-ring (bicyclic) bond motifs is 2. The number of nitrogens with one attached hydrogen (secondary N) is 1. The van der Waals surface area contributed by atoms with Crippen LogP contribution >= 0.6 is 0 Å². The minimum Gasteiger partial charge on any atom is -0.507 e. The normalized spacial score (nSPS) is 24.9. The zero-order valence-corrected chi connectivity index (χ0v) is 21.5. The second kappa shape index (κ2) is 10.9. The Morgan fingerprint density at radius 3 is 2.78 bits per heavy atom. The summed E-state index contributed by atoms with van der Waals surface area (Å²) in [5.74, 6) is 1.94. The lowest BCUT2D eigenvalue weighted by Crippen LogP contribution is -2.38. The summed E-state index contributed by atoms with van der Waals surface area (Å²) in [6.07, 6.45) is 13.7. The van der Waals surface area contributed by atoms with Crippen molar-refractivity contribution >= 4 is 16.8 Å². The van der Waals surface area contributed by atoms with Crippen LogP contribution in [0.2, 0.25) is 0 Å². The Kier molecular flexibility index (Phi) is 7.20. The van der Waals surface area contributed by atoms with Crippen LogP contribution in [0, 0.1) is 17.8 Å². The van der Waals surface area contributed by atoms with Crippen LogP contribution in [0.3, 0.4) is 0 Å². The molecule has 3 heterocycles. The first kappa shape index (κ1) is 24.5. The zero-order chi connectivity index (χ0) is 25.2. The zero-order valence-electron chi connectivity index (χ0n) is 21.5. The largest absolute Gasteiger partial charge is 0.507 e. The van der Waals surface area contributed by atoms with Gasteiger partial charge >= 0.3 is 0 Å². The number of amides is 1. The number of morpholine rings is 1. The third kappa shape index (κ3) is 5.41. The van der Waals surface area contributed by atoms with E-state index in [1.165, 1.54) is 32.1 Å². The predicted molar refractivity (Wildman–Crippen MR) is 141 cm³/mol. The topological polar surface area (TPSA) is 90.9 Å². The van der Waals surface area contributed by atoms with Crippen LogP contribution in [0.15, 0.2) is 36.1 Å². The molecule has 2 aliphatic carbocycles. The lowest BCUT2D eigenvalue weighted by molar-refractivity contribution is 0.0279. The van der Waals surface area contributed by atoms with Crippen LogP contribution in [0.4, 0.5) is 0 Å². The van der Waals surface area contributed by atoms with Gasteiger partial charge in [0.25, 0.3) is 5.91 Å². The Balaban J connectivity index is 1.10. The van der Waals surface area contributed by atoms with E-state index < -0.39 is 0 Å². The maximum Gasteiger partial charge on any atom is 0.257 e. The van der Waals surface area contributed by atoms with Crippen molar-refractivity contribution in [1.29, 1.82) is 0 Å². The van der Waals surface area contributed by atoms with Crippen LogP contribution in [-0.4, -0.2) is 83.6 Å². The molecule has 1 saturated carbocycles.